The molecule has 0 saturated carbocycles. The van der Waals surface area contributed by atoms with Crippen LogP contribution >= 0.6 is 0 Å². The van der Waals surface area contributed by atoms with Crippen molar-refractivity contribution in [2.24, 2.45) is 0 Å². The maximum Gasteiger partial charge on any atom is 0.296 e. The number of aromatic nitrogens is 1. The summed E-state index contributed by atoms with van der Waals surface area (Å²) in [4.78, 5) is 34.7. The van der Waals surface area contributed by atoms with Crippen molar-refractivity contribution in [1.29, 1.82) is 0 Å². The van der Waals surface area contributed by atoms with Crippen LogP contribution in [0.25, 0.3) is 5.76 Å². The van der Waals surface area contributed by atoms with Crippen molar-refractivity contribution in [2.75, 3.05) is 46.4 Å². The van der Waals surface area contributed by atoms with E-state index in [2.05, 4.69) is 4.98 Å². The first-order valence-electron chi connectivity index (χ1n) is 12.3. The average molecular weight is 532 g/mol. The molecule has 1 fully saturated rings. The Kier molecular flexibility index (Phi) is 7.02. The van der Waals surface area contributed by atoms with Crippen LogP contribution in [0.1, 0.15) is 22.9 Å². The molecule has 0 radical (unpaired) electrons. The number of benzene rings is 2. The summed E-state index contributed by atoms with van der Waals surface area (Å²) in [5.74, 6) is -0.104. The van der Waals surface area contributed by atoms with Gasteiger partial charge < -0.3 is 33.9 Å². The Labute approximate surface area is 226 Å². The lowest BCUT2D eigenvalue weighted by Crippen LogP contribution is -2.29. The standard InChI is InChI=1S/C29H29N3O7/c1-31-11-12-39-21-9-8-17(13-20(21)31)26(33)24-25(18-14-22(36-2)28(38-4)23(15-18)37-3)32(29(35)27(24)34)16-19-7-5-6-10-30-19/h5-10,13-15,25,33H,11-12,16H2,1-4H3/b26-24+. The van der Waals surface area contributed by atoms with Crippen molar-refractivity contribution in [3.63, 3.8) is 0 Å². The minimum atomic E-state index is -0.953. The topological polar surface area (TPSA) is 111 Å². The normalized spacial score (nSPS) is 18.0. The Hall–Kier alpha value is -4.73. The first-order valence-corrected chi connectivity index (χ1v) is 12.3. The van der Waals surface area contributed by atoms with Gasteiger partial charge in [-0.05, 0) is 48.0 Å². The van der Waals surface area contributed by atoms with E-state index in [0.717, 1.165) is 5.69 Å². The summed E-state index contributed by atoms with van der Waals surface area (Å²) < 4.78 is 22.3. The van der Waals surface area contributed by atoms with E-state index in [0.29, 0.717) is 53.0 Å². The number of aliphatic hydroxyl groups excluding tert-OH is 1. The number of likely N-dealkylation sites (tertiary alicyclic amines) is 1. The summed E-state index contributed by atoms with van der Waals surface area (Å²) in [6, 6.07) is 12.9. The predicted octanol–water partition coefficient (Wildman–Crippen LogP) is 3.56. The van der Waals surface area contributed by atoms with Gasteiger partial charge in [0.05, 0.1) is 57.4 Å². The predicted molar refractivity (Wildman–Crippen MR) is 143 cm³/mol. The van der Waals surface area contributed by atoms with Crippen molar-refractivity contribution in [2.45, 2.75) is 12.6 Å². The van der Waals surface area contributed by atoms with Crippen molar-refractivity contribution >= 4 is 23.1 Å². The third-order valence-corrected chi connectivity index (χ3v) is 6.93. The summed E-state index contributed by atoms with van der Waals surface area (Å²) in [5.41, 5.74) is 2.20. The zero-order valence-electron chi connectivity index (χ0n) is 22.1. The summed E-state index contributed by atoms with van der Waals surface area (Å²) in [7, 11) is 6.38. The first kappa shape index (κ1) is 25.9. The van der Waals surface area contributed by atoms with Gasteiger partial charge in [-0.3, -0.25) is 14.6 Å². The van der Waals surface area contributed by atoms with Crippen molar-refractivity contribution in [3.8, 4) is 23.0 Å². The number of carbonyl (C=O) groups is 2. The highest BCUT2D eigenvalue weighted by Crippen LogP contribution is 2.46. The highest BCUT2D eigenvalue weighted by molar-refractivity contribution is 6.46. The molecule has 39 heavy (non-hydrogen) atoms. The van der Waals surface area contributed by atoms with Crippen LogP contribution in [0.2, 0.25) is 0 Å². The molecule has 0 aliphatic carbocycles. The summed E-state index contributed by atoms with van der Waals surface area (Å²) in [6.45, 7) is 1.27. The zero-order chi connectivity index (χ0) is 27.7. The smallest absolute Gasteiger partial charge is 0.296 e. The number of hydrogen-bond donors (Lipinski definition) is 1. The SMILES string of the molecule is COc1cc(C2/C(=C(\O)c3ccc4c(c3)N(C)CCO4)C(=O)C(=O)N2Cc2ccccn2)cc(OC)c1OC. The number of Topliss-reactive ketones (excluding diaryl/α,β-unsaturated/α-hetero) is 1. The molecule has 1 aromatic heterocycles. The second-order valence-electron chi connectivity index (χ2n) is 9.16. The van der Waals surface area contributed by atoms with E-state index in [-0.39, 0.29) is 17.9 Å². The van der Waals surface area contributed by atoms with Gasteiger partial charge in [0.25, 0.3) is 11.7 Å². The molecule has 0 spiro atoms. The van der Waals surface area contributed by atoms with Gasteiger partial charge in [0.1, 0.15) is 18.1 Å². The average Bonchev–Trinajstić information content (AvgIpc) is 3.21. The Balaban J connectivity index is 1.70. The molecule has 1 unspecified atom stereocenters. The van der Waals surface area contributed by atoms with E-state index in [1.54, 1.807) is 54.7 Å². The Morgan fingerprint density at radius 2 is 1.79 bits per heavy atom. The fourth-order valence-electron chi connectivity index (χ4n) is 4.97. The molecular weight excluding hydrogens is 502 g/mol. The minimum Gasteiger partial charge on any atom is -0.507 e. The van der Waals surface area contributed by atoms with Gasteiger partial charge in [-0.2, -0.15) is 0 Å². The summed E-state index contributed by atoms with van der Waals surface area (Å²) >= 11 is 0. The number of methoxy groups -OCH3 is 3. The molecule has 1 N–H and O–H groups in total. The number of fused-ring (bicyclic) bond motifs is 1. The third-order valence-electron chi connectivity index (χ3n) is 6.93. The van der Waals surface area contributed by atoms with Gasteiger partial charge >= 0.3 is 0 Å². The van der Waals surface area contributed by atoms with Gasteiger partial charge in [-0.15, -0.1) is 0 Å². The monoisotopic (exact) mass is 531 g/mol. The van der Waals surface area contributed by atoms with E-state index in [1.165, 1.54) is 26.2 Å². The molecule has 2 aromatic carbocycles. The molecule has 5 rings (SSSR count). The fraction of sp³-hybridized carbons (Fsp3) is 0.276. The minimum absolute atomic E-state index is 0.0459. The number of nitrogens with zero attached hydrogens (tertiary/aromatic N) is 3. The lowest BCUT2D eigenvalue weighted by Gasteiger charge is -2.28. The number of carbonyl (C=O) groups excluding carboxylic acids is 2. The summed E-state index contributed by atoms with van der Waals surface area (Å²) in [5, 5.41) is 11.6. The van der Waals surface area contributed by atoms with Crippen LogP contribution in [0.15, 0.2) is 60.3 Å². The molecular formula is C29H29N3O7. The number of amides is 1. The molecule has 0 bridgehead atoms. The number of anilines is 1. The van der Waals surface area contributed by atoms with E-state index >= 15 is 0 Å². The quantitative estimate of drug-likeness (QED) is 0.278. The van der Waals surface area contributed by atoms with Gasteiger partial charge in [-0.25, -0.2) is 0 Å². The number of hydrogen-bond acceptors (Lipinski definition) is 9. The van der Waals surface area contributed by atoms with E-state index in [1.807, 2.05) is 11.9 Å². The highest BCUT2D eigenvalue weighted by atomic mass is 16.5. The first-order chi connectivity index (χ1) is 18.9. The fourth-order valence-corrected chi connectivity index (χ4v) is 4.97. The Bertz CT molecular complexity index is 1430. The summed E-state index contributed by atoms with van der Waals surface area (Å²) in [6.07, 6.45) is 1.62. The highest BCUT2D eigenvalue weighted by Gasteiger charge is 2.47. The molecule has 3 aromatic rings. The molecule has 10 heteroatoms. The van der Waals surface area contributed by atoms with Crippen molar-refractivity contribution < 1.29 is 33.6 Å². The molecule has 2 aliphatic rings. The van der Waals surface area contributed by atoms with E-state index in [9.17, 15) is 14.7 Å². The number of rotatable bonds is 7. The van der Waals surface area contributed by atoms with Crippen LogP contribution in [-0.2, 0) is 16.1 Å². The Morgan fingerprint density at radius 1 is 1.05 bits per heavy atom. The van der Waals surface area contributed by atoms with Crippen LogP contribution in [0, 0.1) is 0 Å². The maximum absolute atomic E-state index is 13.5. The Morgan fingerprint density at radius 3 is 2.44 bits per heavy atom. The lowest BCUT2D eigenvalue weighted by molar-refractivity contribution is -0.140. The molecule has 2 aliphatic heterocycles. The number of pyridine rings is 1. The zero-order valence-corrected chi connectivity index (χ0v) is 22.1. The van der Waals surface area contributed by atoms with Crippen LogP contribution in [0.3, 0.4) is 0 Å². The molecule has 202 valence electrons. The van der Waals surface area contributed by atoms with Gasteiger partial charge in [0, 0.05) is 18.8 Å². The second kappa shape index (κ2) is 10.6. The van der Waals surface area contributed by atoms with Gasteiger partial charge in [0.2, 0.25) is 5.75 Å². The van der Waals surface area contributed by atoms with Crippen LogP contribution < -0.4 is 23.8 Å². The van der Waals surface area contributed by atoms with Crippen molar-refractivity contribution in [1.82, 2.24) is 9.88 Å². The molecule has 10 nitrogen and oxygen atoms in total. The van der Waals surface area contributed by atoms with Crippen LogP contribution in [-0.4, -0.2) is 68.2 Å². The molecule has 3 heterocycles. The lowest BCUT2D eigenvalue weighted by atomic mass is 9.94. The van der Waals surface area contributed by atoms with Crippen LogP contribution in [0.4, 0.5) is 5.69 Å². The molecule has 1 amide bonds. The number of likely N-dealkylation sites (N-methyl/N-ethyl adjacent to an activating group) is 1. The van der Waals surface area contributed by atoms with Gasteiger partial charge in [-0.1, -0.05) is 6.07 Å². The van der Waals surface area contributed by atoms with E-state index in [4.69, 9.17) is 18.9 Å². The van der Waals surface area contributed by atoms with Crippen LogP contribution in [0.5, 0.6) is 23.0 Å². The molecule has 1 saturated heterocycles. The largest absolute Gasteiger partial charge is 0.507 e. The number of ketones is 1. The molecule has 1 atom stereocenters. The third kappa shape index (κ3) is 4.58. The number of ether oxygens (including phenoxy) is 4. The van der Waals surface area contributed by atoms with E-state index < -0.39 is 17.7 Å². The second-order valence-corrected chi connectivity index (χ2v) is 9.16. The number of aliphatic hydroxyl groups is 1. The van der Waals surface area contributed by atoms with Gasteiger partial charge in [0.15, 0.2) is 11.5 Å². The maximum atomic E-state index is 13.5. The van der Waals surface area contributed by atoms with Crippen molar-refractivity contribution in [3.05, 3.63) is 77.1 Å².